The van der Waals surface area contributed by atoms with Crippen LogP contribution in [0.5, 0.6) is 0 Å². The molecule has 0 radical (unpaired) electrons. The molecule has 0 spiro atoms. The molecule has 0 aromatic rings. The molecule has 3 heteroatoms. The lowest BCUT2D eigenvalue weighted by atomic mass is 9.97. The third-order valence-corrected chi connectivity index (χ3v) is 2.62. The normalized spacial score (nSPS) is 35.7. The molecule has 1 unspecified atom stereocenters. The van der Waals surface area contributed by atoms with E-state index in [9.17, 15) is 4.79 Å². The minimum atomic E-state index is 0.0269. The second kappa shape index (κ2) is 1.72. The lowest BCUT2D eigenvalue weighted by Crippen LogP contribution is -2.33. The highest BCUT2D eigenvalue weighted by molar-refractivity contribution is 5.78. The van der Waals surface area contributed by atoms with Crippen molar-refractivity contribution in [3.63, 3.8) is 0 Å². The predicted octanol–water partition coefficient (Wildman–Crippen LogP) is -0.386. The highest BCUT2D eigenvalue weighted by Gasteiger charge is 2.48. The van der Waals surface area contributed by atoms with Gasteiger partial charge in [0.1, 0.15) is 0 Å². The summed E-state index contributed by atoms with van der Waals surface area (Å²) in [6.07, 6.45) is 2.86. The van der Waals surface area contributed by atoms with Crippen molar-refractivity contribution in [2.75, 3.05) is 6.54 Å². The summed E-state index contributed by atoms with van der Waals surface area (Å²) in [4.78, 5) is 10.8. The Morgan fingerprint density at radius 2 is 2.30 bits per heavy atom. The molecule has 56 valence electrons. The molecule has 2 fully saturated rings. The second-order valence-corrected chi connectivity index (χ2v) is 3.44. The van der Waals surface area contributed by atoms with Gasteiger partial charge in [0.2, 0.25) is 5.91 Å². The fraction of sp³-hybridized carbons (Fsp3) is 0.857. The highest BCUT2D eigenvalue weighted by Crippen LogP contribution is 2.42. The first kappa shape index (κ1) is 6.16. The Morgan fingerprint density at radius 3 is 2.70 bits per heavy atom. The Labute approximate surface area is 60.0 Å². The van der Waals surface area contributed by atoms with Crippen LogP contribution in [-0.4, -0.2) is 18.0 Å². The van der Waals surface area contributed by atoms with E-state index in [1.165, 1.54) is 0 Å². The summed E-state index contributed by atoms with van der Waals surface area (Å²) in [5, 5.41) is 2.80. The number of carbonyl (C=O) groups is 1. The molecule has 1 saturated carbocycles. The summed E-state index contributed by atoms with van der Waals surface area (Å²) in [5.74, 6) is 0.585. The molecule has 1 atom stereocenters. The SMILES string of the molecule is NC1(C2CNC(=O)C2)CC1. The van der Waals surface area contributed by atoms with Gasteiger partial charge in [0, 0.05) is 24.4 Å². The Kier molecular flexibility index (Phi) is 1.06. The van der Waals surface area contributed by atoms with Crippen molar-refractivity contribution in [2.24, 2.45) is 11.7 Å². The fourth-order valence-electron chi connectivity index (χ4n) is 1.56. The quantitative estimate of drug-likeness (QED) is 0.521. The lowest BCUT2D eigenvalue weighted by Gasteiger charge is -2.14. The average molecular weight is 140 g/mol. The summed E-state index contributed by atoms with van der Waals surface area (Å²) in [5.41, 5.74) is 5.95. The summed E-state index contributed by atoms with van der Waals surface area (Å²) < 4.78 is 0. The molecule has 3 N–H and O–H groups in total. The maximum Gasteiger partial charge on any atom is 0.220 e. The zero-order chi connectivity index (χ0) is 7.19. The molecule has 0 aromatic carbocycles. The molecule has 1 aliphatic heterocycles. The number of nitrogens with two attached hydrogens (primary N) is 1. The molecule has 2 aliphatic rings. The first-order valence-corrected chi connectivity index (χ1v) is 3.76. The third kappa shape index (κ3) is 0.814. The standard InChI is InChI=1S/C7H12N2O/c8-7(1-2-7)5-3-6(10)9-4-5/h5H,1-4,8H2,(H,9,10). The smallest absolute Gasteiger partial charge is 0.220 e. The van der Waals surface area contributed by atoms with Crippen LogP contribution in [0.15, 0.2) is 0 Å². The molecule has 2 rings (SSSR count). The summed E-state index contributed by atoms with van der Waals surface area (Å²) >= 11 is 0. The van der Waals surface area contributed by atoms with Crippen LogP contribution in [0.3, 0.4) is 0 Å². The largest absolute Gasteiger partial charge is 0.356 e. The summed E-state index contributed by atoms with van der Waals surface area (Å²) in [6, 6.07) is 0. The van der Waals surface area contributed by atoms with Gasteiger partial charge < -0.3 is 11.1 Å². The van der Waals surface area contributed by atoms with Crippen molar-refractivity contribution in [1.82, 2.24) is 5.32 Å². The van der Waals surface area contributed by atoms with Crippen LogP contribution in [-0.2, 0) is 4.79 Å². The van der Waals surface area contributed by atoms with Gasteiger partial charge >= 0.3 is 0 Å². The van der Waals surface area contributed by atoms with Crippen molar-refractivity contribution in [2.45, 2.75) is 24.8 Å². The van der Waals surface area contributed by atoms with E-state index >= 15 is 0 Å². The van der Waals surface area contributed by atoms with E-state index in [4.69, 9.17) is 5.73 Å². The van der Waals surface area contributed by atoms with Gasteiger partial charge in [-0.25, -0.2) is 0 Å². The van der Waals surface area contributed by atoms with Gasteiger partial charge in [0.25, 0.3) is 0 Å². The highest BCUT2D eigenvalue weighted by atomic mass is 16.1. The number of rotatable bonds is 1. The molecule has 0 aromatic heterocycles. The summed E-state index contributed by atoms with van der Waals surface area (Å²) in [6.45, 7) is 0.801. The Balaban J connectivity index is 2.01. The van der Waals surface area contributed by atoms with Crippen molar-refractivity contribution in [3.05, 3.63) is 0 Å². The van der Waals surface area contributed by atoms with E-state index < -0.39 is 0 Å². The van der Waals surface area contributed by atoms with Crippen molar-refractivity contribution in [3.8, 4) is 0 Å². The maximum absolute atomic E-state index is 10.8. The van der Waals surface area contributed by atoms with Crippen LogP contribution in [0.1, 0.15) is 19.3 Å². The van der Waals surface area contributed by atoms with Crippen molar-refractivity contribution >= 4 is 5.91 Å². The van der Waals surface area contributed by atoms with E-state index in [0.717, 1.165) is 19.4 Å². The van der Waals surface area contributed by atoms with Crippen LogP contribution < -0.4 is 11.1 Å². The number of carbonyl (C=O) groups excluding carboxylic acids is 1. The van der Waals surface area contributed by atoms with E-state index in [1.54, 1.807) is 0 Å². The van der Waals surface area contributed by atoms with Gasteiger partial charge in [-0.1, -0.05) is 0 Å². The molecule has 1 amide bonds. The van der Waals surface area contributed by atoms with Gasteiger partial charge in [0.05, 0.1) is 0 Å². The minimum absolute atomic E-state index is 0.0269. The molecule has 1 heterocycles. The zero-order valence-corrected chi connectivity index (χ0v) is 5.89. The molecule has 1 saturated heterocycles. The van der Waals surface area contributed by atoms with Gasteiger partial charge in [-0.3, -0.25) is 4.79 Å². The third-order valence-electron chi connectivity index (χ3n) is 2.62. The fourth-order valence-corrected chi connectivity index (χ4v) is 1.56. The Bertz CT molecular complexity index is 174. The molecular formula is C7H12N2O. The number of hydrogen-bond donors (Lipinski definition) is 2. The molecular weight excluding hydrogens is 128 g/mol. The number of amides is 1. The molecule has 0 bridgehead atoms. The number of nitrogens with one attached hydrogen (secondary N) is 1. The van der Waals surface area contributed by atoms with Crippen molar-refractivity contribution < 1.29 is 4.79 Å². The van der Waals surface area contributed by atoms with Crippen LogP contribution in [0.2, 0.25) is 0 Å². The van der Waals surface area contributed by atoms with E-state index in [-0.39, 0.29) is 11.4 Å². The van der Waals surface area contributed by atoms with E-state index in [0.29, 0.717) is 12.3 Å². The van der Waals surface area contributed by atoms with Crippen LogP contribution in [0, 0.1) is 5.92 Å². The van der Waals surface area contributed by atoms with Crippen LogP contribution >= 0.6 is 0 Å². The number of hydrogen-bond acceptors (Lipinski definition) is 2. The monoisotopic (exact) mass is 140 g/mol. The van der Waals surface area contributed by atoms with Gasteiger partial charge in [-0.2, -0.15) is 0 Å². The first-order valence-electron chi connectivity index (χ1n) is 3.76. The first-order chi connectivity index (χ1) is 4.71. The average Bonchev–Trinajstić information content (AvgIpc) is 2.45. The maximum atomic E-state index is 10.8. The van der Waals surface area contributed by atoms with Crippen molar-refractivity contribution in [1.29, 1.82) is 0 Å². The van der Waals surface area contributed by atoms with Crippen LogP contribution in [0.4, 0.5) is 0 Å². The molecule has 10 heavy (non-hydrogen) atoms. The van der Waals surface area contributed by atoms with Crippen LogP contribution in [0.25, 0.3) is 0 Å². The Hall–Kier alpha value is -0.570. The summed E-state index contributed by atoms with van der Waals surface area (Å²) in [7, 11) is 0. The molecule has 1 aliphatic carbocycles. The van der Waals surface area contributed by atoms with Gasteiger partial charge in [-0.05, 0) is 12.8 Å². The van der Waals surface area contributed by atoms with E-state index in [2.05, 4.69) is 5.32 Å². The van der Waals surface area contributed by atoms with Gasteiger partial charge in [0.15, 0.2) is 0 Å². The molecule has 3 nitrogen and oxygen atoms in total. The predicted molar refractivity (Wildman–Crippen MR) is 37.3 cm³/mol. The zero-order valence-electron chi connectivity index (χ0n) is 5.89. The van der Waals surface area contributed by atoms with E-state index in [1.807, 2.05) is 0 Å². The minimum Gasteiger partial charge on any atom is -0.356 e. The second-order valence-electron chi connectivity index (χ2n) is 3.44. The topological polar surface area (TPSA) is 55.1 Å². The lowest BCUT2D eigenvalue weighted by molar-refractivity contribution is -0.119. The van der Waals surface area contributed by atoms with Gasteiger partial charge in [-0.15, -0.1) is 0 Å². The Morgan fingerprint density at radius 1 is 1.60 bits per heavy atom.